The number of halogens is 1. The van der Waals surface area contributed by atoms with Gasteiger partial charge in [0.05, 0.1) is 6.33 Å². The third kappa shape index (κ3) is 6.62. The van der Waals surface area contributed by atoms with Crippen molar-refractivity contribution in [2.45, 2.75) is 17.4 Å². The monoisotopic (exact) mass is 460 g/mol. The first kappa shape index (κ1) is 23.9. The van der Waals surface area contributed by atoms with Crippen molar-refractivity contribution in [3.05, 3.63) is 78.0 Å². The lowest BCUT2D eigenvalue weighted by Gasteiger charge is -2.23. The normalized spacial score (nSPS) is 12.8. The summed E-state index contributed by atoms with van der Waals surface area (Å²) in [5.74, 6) is 0.157. The summed E-state index contributed by atoms with van der Waals surface area (Å²) >= 11 is 0. The molecule has 0 fully saturated rings. The van der Waals surface area contributed by atoms with Gasteiger partial charge in [-0.25, -0.2) is 22.5 Å². The zero-order valence-corrected chi connectivity index (χ0v) is 19.3. The van der Waals surface area contributed by atoms with Crippen LogP contribution in [0.4, 0.5) is 4.39 Å². The Morgan fingerprint density at radius 2 is 1.94 bits per heavy atom. The fourth-order valence-corrected chi connectivity index (χ4v) is 4.47. The van der Waals surface area contributed by atoms with Crippen LogP contribution < -0.4 is 9.46 Å². The van der Waals surface area contributed by atoms with Crippen LogP contribution in [0.1, 0.15) is 17.0 Å². The highest BCUT2D eigenvalue weighted by molar-refractivity contribution is 7.89. The summed E-state index contributed by atoms with van der Waals surface area (Å²) in [4.78, 5) is 5.88. The molecule has 0 bridgehead atoms. The zero-order chi connectivity index (χ0) is 23.1. The largest absolute Gasteiger partial charge is 0.492 e. The van der Waals surface area contributed by atoms with Gasteiger partial charge in [0.15, 0.2) is 5.03 Å². The standard InChI is InChI=1S/C23H29FN4O3S/c1-27(2)15-19(13-18-7-5-4-6-8-18)21-14-20(9-10-22(21)24)31-12-11-26-32(29,30)23-16-28(3)17-25-23/h4-10,14,16-17,19,26H,11-13,15H2,1-3H3. The molecule has 32 heavy (non-hydrogen) atoms. The van der Waals surface area contributed by atoms with Gasteiger partial charge in [0, 0.05) is 32.3 Å². The molecule has 172 valence electrons. The Bertz CT molecular complexity index is 1120. The van der Waals surface area contributed by atoms with Crippen molar-refractivity contribution in [3.63, 3.8) is 0 Å². The summed E-state index contributed by atoms with van der Waals surface area (Å²) in [6, 6.07) is 14.6. The smallest absolute Gasteiger partial charge is 0.259 e. The Morgan fingerprint density at radius 3 is 2.59 bits per heavy atom. The number of sulfonamides is 1. The SMILES string of the molecule is CN(C)CC(Cc1ccccc1)c1cc(OCCNS(=O)(=O)c2cn(C)cn2)ccc1F. The van der Waals surface area contributed by atoms with Crippen molar-refractivity contribution in [1.29, 1.82) is 0 Å². The number of benzene rings is 2. The van der Waals surface area contributed by atoms with Crippen molar-refractivity contribution in [1.82, 2.24) is 19.2 Å². The molecule has 3 aromatic rings. The number of aromatic nitrogens is 2. The third-order valence-corrected chi connectivity index (χ3v) is 6.28. The first-order valence-corrected chi connectivity index (χ1v) is 11.8. The van der Waals surface area contributed by atoms with E-state index in [1.807, 2.05) is 49.3 Å². The van der Waals surface area contributed by atoms with Crippen LogP contribution in [0.2, 0.25) is 0 Å². The quantitative estimate of drug-likeness (QED) is 0.446. The third-order valence-electron chi connectivity index (χ3n) is 4.94. The van der Waals surface area contributed by atoms with E-state index in [1.165, 1.54) is 18.6 Å². The molecule has 0 amide bonds. The second kappa shape index (κ2) is 10.7. The van der Waals surface area contributed by atoms with Gasteiger partial charge in [-0.05, 0) is 49.8 Å². The maximum Gasteiger partial charge on any atom is 0.259 e. The Kier molecular flexibility index (Phi) is 8.00. The molecule has 1 atom stereocenters. The summed E-state index contributed by atoms with van der Waals surface area (Å²) in [6.07, 6.45) is 3.54. The van der Waals surface area contributed by atoms with Gasteiger partial charge < -0.3 is 14.2 Å². The molecule has 0 aliphatic heterocycles. The number of likely N-dealkylation sites (N-methyl/N-ethyl adjacent to an activating group) is 1. The molecule has 1 N–H and O–H groups in total. The number of hydrogen-bond acceptors (Lipinski definition) is 5. The number of imidazole rings is 1. The average Bonchev–Trinajstić information content (AvgIpc) is 3.20. The minimum Gasteiger partial charge on any atom is -0.492 e. The zero-order valence-electron chi connectivity index (χ0n) is 18.5. The van der Waals surface area contributed by atoms with E-state index in [2.05, 4.69) is 9.71 Å². The fraction of sp³-hybridized carbons (Fsp3) is 0.348. The van der Waals surface area contributed by atoms with Gasteiger partial charge in [0.25, 0.3) is 10.0 Å². The fourth-order valence-electron chi connectivity index (χ4n) is 3.48. The van der Waals surface area contributed by atoms with Gasteiger partial charge in [0.1, 0.15) is 18.2 Å². The summed E-state index contributed by atoms with van der Waals surface area (Å²) in [6.45, 7) is 0.851. The molecule has 7 nitrogen and oxygen atoms in total. The van der Waals surface area contributed by atoms with E-state index in [4.69, 9.17) is 4.74 Å². The van der Waals surface area contributed by atoms with Crippen LogP contribution in [0.15, 0.2) is 66.1 Å². The van der Waals surface area contributed by atoms with E-state index in [9.17, 15) is 12.8 Å². The van der Waals surface area contributed by atoms with E-state index >= 15 is 0 Å². The van der Waals surface area contributed by atoms with Gasteiger partial charge in [0.2, 0.25) is 0 Å². The molecule has 0 saturated heterocycles. The topological polar surface area (TPSA) is 76.5 Å². The van der Waals surface area contributed by atoms with E-state index in [0.717, 1.165) is 5.56 Å². The van der Waals surface area contributed by atoms with Gasteiger partial charge in [-0.15, -0.1) is 0 Å². The Balaban J connectivity index is 1.65. The summed E-state index contributed by atoms with van der Waals surface area (Å²) in [7, 11) is 1.92. The predicted octanol–water partition coefficient (Wildman–Crippen LogP) is 2.80. The molecule has 1 unspecified atom stereocenters. The molecule has 0 aliphatic rings. The number of ether oxygens (including phenoxy) is 1. The van der Waals surface area contributed by atoms with Crippen LogP contribution in [-0.2, 0) is 23.5 Å². The molecule has 0 saturated carbocycles. The van der Waals surface area contributed by atoms with Gasteiger partial charge in [-0.1, -0.05) is 30.3 Å². The molecular formula is C23H29FN4O3S. The average molecular weight is 461 g/mol. The highest BCUT2D eigenvalue weighted by Gasteiger charge is 2.19. The minimum absolute atomic E-state index is 0.0449. The van der Waals surface area contributed by atoms with Gasteiger partial charge >= 0.3 is 0 Å². The Morgan fingerprint density at radius 1 is 1.19 bits per heavy atom. The summed E-state index contributed by atoms with van der Waals surface area (Å²) < 4.78 is 48.9. The van der Waals surface area contributed by atoms with Crippen LogP contribution in [0.3, 0.4) is 0 Å². The first-order chi connectivity index (χ1) is 15.2. The number of aryl methyl sites for hydroxylation is 1. The number of rotatable bonds is 11. The lowest BCUT2D eigenvalue weighted by Crippen LogP contribution is -2.28. The second-order valence-corrected chi connectivity index (χ2v) is 9.67. The Hall–Kier alpha value is -2.75. The molecule has 9 heteroatoms. The van der Waals surface area contributed by atoms with Crippen LogP contribution in [0.25, 0.3) is 0 Å². The van der Waals surface area contributed by atoms with Crippen molar-refractivity contribution in [3.8, 4) is 5.75 Å². The Labute approximate surface area is 188 Å². The molecule has 1 aromatic heterocycles. The molecule has 1 heterocycles. The van der Waals surface area contributed by atoms with Crippen LogP contribution in [0.5, 0.6) is 5.75 Å². The lowest BCUT2D eigenvalue weighted by atomic mass is 9.91. The molecule has 3 rings (SSSR count). The van der Waals surface area contributed by atoms with Crippen LogP contribution in [0, 0.1) is 5.82 Å². The molecule has 0 radical (unpaired) electrons. The molecule has 0 aliphatic carbocycles. The second-order valence-electron chi connectivity index (χ2n) is 7.96. The lowest BCUT2D eigenvalue weighted by molar-refractivity contribution is 0.320. The van der Waals surface area contributed by atoms with Crippen molar-refractivity contribution < 1.29 is 17.5 Å². The van der Waals surface area contributed by atoms with Crippen molar-refractivity contribution in [2.75, 3.05) is 33.8 Å². The summed E-state index contributed by atoms with van der Waals surface area (Å²) in [5.41, 5.74) is 1.71. The number of nitrogens with zero attached hydrogens (tertiary/aromatic N) is 3. The van der Waals surface area contributed by atoms with Crippen molar-refractivity contribution in [2.24, 2.45) is 7.05 Å². The number of hydrogen-bond donors (Lipinski definition) is 1. The van der Waals surface area contributed by atoms with Gasteiger partial charge in [-0.3, -0.25) is 0 Å². The van der Waals surface area contributed by atoms with Gasteiger partial charge in [-0.2, -0.15) is 0 Å². The van der Waals surface area contributed by atoms with Crippen LogP contribution >= 0.6 is 0 Å². The summed E-state index contributed by atoms with van der Waals surface area (Å²) in [5, 5.41) is -0.0449. The van der Waals surface area contributed by atoms with Crippen LogP contribution in [-0.4, -0.2) is 56.7 Å². The van der Waals surface area contributed by atoms with E-state index in [1.54, 1.807) is 23.7 Å². The molecular weight excluding hydrogens is 431 g/mol. The number of nitrogens with one attached hydrogen (secondary N) is 1. The highest BCUT2D eigenvalue weighted by Crippen LogP contribution is 2.28. The highest BCUT2D eigenvalue weighted by atomic mass is 32.2. The maximum atomic E-state index is 14.7. The molecule has 0 spiro atoms. The molecule has 2 aromatic carbocycles. The minimum atomic E-state index is -3.70. The van der Waals surface area contributed by atoms with Crippen molar-refractivity contribution >= 4 is 10.0 Å². The predicted molar refractivity (Wildman–Crippen MR) is 122 cm³/mol. The van der Waals surface area contributed by atoms with E-state index in [-0.39, 0.29) is 29.9 Å². The maximum absolute atomic E-state index is 14.7. The first-order valence-electron chi connectivity index (χ1n) is 10.3. The van der Waals surface area contributed by atoms with E-state index in [0.29, 0.717) is 24.3 Å². The van der Waals surface area contributed by atoms with E-state index < -0.39 is 10.0 Å².